The van der Waals surface area contributed by atoms with Crippen LogP contribution in [0.5, 0.6) is 0 Å². The topological polar surface area (TPSA) is 17.8 Å². The molecular weight excluding hydrogens is 366 g/mol. The lowest BCUT2D eigenvalue weighted by Gasteiger charge is -2.19. The molecule has 0 bridgehead atoms. The molecule has 3 aromatic rings. The number of hydrogen-bond donors (Lipinski definition) is 0. The molecule has 124 valence electrons. The molecule has 0 aliphatic heterocycles. The van der Waals surface area contributed by atoms with Gasteiger partial charge in [-0.3, -0.25) is 0 Å². The average Bonchev–Trinajstić information content (AvgIpc) is 3.06. The second kappa shape index (κ2) is 8.06. The molecule has 1 atom stereocenters. The Kier molecular flexibility index (Phi) is 5.82. The van der Waals surface area contributed by atoms with E-state index in [4.69, 9.17) is 23.2 Å². The maximum Gasteiger partial charge on any atom is 0.123 e. The Bertz CT molecular complexity index is 791. The van der Waals surface area contributed by atoms with Crippen molar-refractivity contribution in [1.82, 2.24) is 9.55 Å². The van der Waals surface area contributed by atoms with Gasteiger partial charge in [-0.2, -0.15) is 0 Å². The van der Waals surface area contributed by atoms with Crippen LogP contribution in [-0.4, -0.2) is 9.55 Å². The number of imidazole rings is 1. The Hall–Kier alpha value is -1.49. The first-order valence-electron chi connectivity index (χ1n) is 7.38. The summed E-state index contributed by atoms with van der Waals surface area (Å²) in [5, 5.41) is 1.40. The summed E-state index contributed by atoms with van der Waals surface area (Å²) in [6.45, 7) is 0.743. The zero-order valence-corrected chi connectivity index (χ0v) is 15.0. The van der Waals surface area contributed by atoms with Crippen LogP contribution in [0.15, 0.2) is 61.2 Å². The number of thioether (sulfide) groups is 1. The minimum absolute atomic E-state index is 0.133. The second-order valence-corrected chi connectivity index (χ2v) is 7.39. The van der Waals surface area contributed by atoms with E-state index < -0.39 is 0 Å². The molecule has 1 heterocycles. The van der Waals surface area contributed by atoms with Crippen molar-refractivity contribution in [1.29, 1.82) is 0 Å². The maximum atomic E-state index is 13.0. The first-order valence-corrected chi connectivity index (χ1v) is 9.19. The second-order valence-electron chi connectivity index (χ2n) is 5.35. The van der Waals surface area contributed by atoms with Gasteiger partial charge >= 0.3 is 0 Å². The maximum absolute atomic E-state index is 13.0. The largest absolute Gasteiger partial charge is 0.336 e. The van der Waals surface area contributed by atoms with Crippen LogP contribution in [0.3, 0.4) is 0 Å². The van der Waals surface area contributed by atoms with Crippen LogP contribution in [0.1, 0.15) is 16.4 Å². The van der Waals surface area contributed by atoms with Crippen LogP contribution in [0, 0.1) is 5.82 Å². The first kappa shape index (κ1) is 17.3. The Morgan fingerprint density at radius 2 is 1.92 bits per heavy atom. The first-order chi connectivity index (χ1) is 11.6. The van der Waals surface area contributed by atoms with Crippen molar-refractivity contribution in [2.24, 2.45) is 0 Å². The van der Waals surface area contributed by atoms with Gasteiger partial charge in [0.15, 0.2) is 0 Å². The van der Waals surface area contributed by atoms with E-state index in [0.29, 0.717) is 10.0 Å². The van der Waals surface area contributed by atoms with Crippen LogP contribution < -0.4 is 0 Å². The summed E-state index contributed by atoms with van der Waals surface area (Å²) in [6.07, 6.45) is 5.47. The molecule has 0 fully saturated rings. The highest BCUT2D eigenvalue weighted by atomic mass is 35.5. The molecule has 0 saturated carbocycles. The predicted molar refractivity (Wildman–Crippen MR) is 99.1 cm³/mol. The van der Waals surface area contributed by atoms with E-state index in [1.807, 2.05) is 22.9 Å². The van der Waals surface area contributed by atoms with Crippen LogP contribution in [0.4, 0.5) is 4.39 Å². The van der Waals surface area contributed by atoms with Gasteiger partial charge in [0.2, 0.25) is 0 Å². The highest BCUT2D eigenvalue weighted by molar-refractivity contribution is 7.98. The molecule has 2 nitrogen and oxygen atoms in total. The highest BCUT2D eigenvalue weighted by Crippen LogP contribution is 2.37. The minimum Gasteiger partial charge on any atom is -0.336 e. The van der Waals surface area contributed by atoms with Crippen LogP contribution in [0.25, 0.3) is 0 Å². The third kappa shape index (κ3) is 4.53. The van der Waals surface area contributed by atoms with E-state index >= 15 is 0 Å². The van der Waals surface area contributed by atoms with E-state index in [1.54, 1.807) is 42.5 Å². The number of halogens is 3. The van der Waals surface area contributed by atoms with E-state index in [2.05, 4.69) is 4.98 Å². The molecule has 0 spiro atoms. The summed E-state index contributed by atoms with van der Waals surface area (Å²) < 4.78 is 15.1. The van der Waals surface area contributed by atoms with Gasteiger partial charge in [0.25, 0.3) is 0 Å². The lowest BCUT2D eigenvalue weighted by molar-refractivity contribution is 0.627. The Morgan fingerprint density at radius 3 is 2.58 bits per heavy atom. The number of hydrogen-bond acceptors (Lipinski definition) is 2. The molecular formula is C18H15Cl2FN2S. The molecule has 1 unspecified atom stereocenters. The SMILES string of the molecule is Fc1ccc(CSC(Cn2ccnc2)c2ccc(Cl)cc2Cl)cc1. The Balaban J connectivity index is 1.80. The zero-order chi connectivity index (χ0) is 16.9. The van der Waals surface area contributed by atoms with E-state index in [-0.39, 0.29) is 11.1 Å². The number of aromatic nitrogens is 2. The van der Waals surface area contributed by atoms with Gasteiger partial charge in [-0.25, -0.2) is 9.37 Å². The lowest BCUT2D eigenvalue weighted by Crippen LogP contribution is -2.06. The number of nitrogens with zero attached hydrogens (tertiary/aromatic N) is 2. The van der Waals surface area contributed by atoms with Gasteiger partial charge in [-0.1, -0.05) is 41.4 Å². The fourth-order valence-electron chi connectivity index (χ4n) is 2.37. The van der Waals surface area contributed by atoms with Crippen LogP contribution in [-0.2, 0) is 12.3 Å². The molecule has 24 heavy (non-hydrogen) atoms. The smallest absolute Gasteiger partial charge is 0.123 e. The molecule has 0 radical (unpaired) electrons. The monoisotopic (exact) mass is 380 g/mol. The number of rotatable bonds is 6. The van der Waals surface area contributed by atoms with Gasteiger partial charge in [-0.05, 0) is 35.4 Å². The van der Waals surface area contributed by atoms with Crippen molar-refractivity contribution >= 4 is 35.0 Å². The van der Waals surface area contributed by atoms with Crippen molar-refractivity contribution in [3.8, 4) is 0 Å². The number of benzene rings is 2. The average molecular weight is 381 g/mol. The highest BCUT2D eigenvalue weighted by Gasteiger charge is 2.17. The molecule has 0 saturated heterocycles. The minimum atomic E-state index is -0.223. The quantitative estimate of drug-likeness (QED) is 0.521. The molecule has 2 aromatic carbocycles. The molecule has 0 amide bonds. The fraction of sp³-hybridized carbons (Fsp3) is 0.167. The summed E-state index contributed by atoms with van der Waals surface area (Å²) in [5.74, 6) is 0.540. The van der Waals surface area contributed by atoms with Crippen molar-refractivity contribution < 1.29 is 4.39 Å². The molecule has 0 aliphatic carbocycles. The van der Waals surface area contributed by atoms with Crippen molar-refractivity contribution in [3.05, 3.63) is 88.2 Å². The van der Waals surface area contributed by atoms with E-state index in [9.17, 15) is 4.39 Å². The van der Waals surface area contributed by atoms with Crippen LogP contribution >= 0.6 is 35.0 Å². The normalized spacial score (nSPS) is 12.3. The molecule has 1 aromatic heterocycles. The zero-order valence-electron chi connectivity index (χ0n) is 12.7. The molecule has 3 rings (SSSR count). The standard InChI is InChI=1S/C18H15Cl2FN2S/c19-14-3-6-16(17(20)9-14)18(10-23-8-7-22-12-23)24-11-13-1-4-15(21)5-2-13/h1-9,12,18H,10-11H2. The van der Waals surface area contributed by atoms with Gasteiger partial charge in [-0.15, -0.1) is 11.8 Å². The Morgan fingerprint density at radius 1 is 1.12 bits per heavy atom. The van der Waals surface area contributed by atoms with Crippen molar-refractivity contribution in [2.45, 2.75) is 17.5 Å². The Labute approximate surface area is 154 Å². The van der Waals surface area contributed by atoms with Gasteiger partial charge in [0.05, 0.1) is 6.33 Å². The molecule has 0 aliphatic rings. The van der Waals surface area contributed by atoms with Crippen molar-refractivity contribution in [3.63, 3.8) is 0 Å². The van der Waals surface area contributed by atoms with E-state index in [0.717, 1.165) is 23.4 Å². The summed E-state index contributed by atoms with van der Waals surface area (Å²) in [7, 11) is 0. The summed E-state index contributed by atoms with van der Waals surface area (Å²) >= 11 is 14.2. The van der Waals surface area contributed by atoms with Crippen LogP contribution in [0.2, 0.25) is 10.0 Å². The summed E-state index contributed by atoms with van der Waals surface area (Å²) in [6, 6.07) is 12.1. The predicted octanol–water partition coefficient (Wildman–Crippen LogP) is 6.00. The van der Waals surface area contributed by atoms with Gasteiger partial charge < -0.3 is 4.57 Å². The van der Waals surface area contributed by atoms with Crippen molar-refractivity contribution in [2.75, 3.05) is 0 Å². The fourth-order valence-corrected chi connectivity index (χ4v) is 4.22. The molecule has 0 N–H and O–H groups in total. The summed E-state index contributed by atoms with van der Waals surface area (Å²) in [5.41, 5.74) is 2.10. The van der Waals surface area contributed by atoms with E-state index in [1.165, 1.54) is 12.1 Å². The molecule has 6 heteroatoms. The third-order valence-corrected chi connectivity index (χ3v) is 5.48. The van der Waals surface area contributed by atoms with Gasteiger partial charge in [0, 0.05) is 40.0 Å². The summed E-state index contributed by atoms with van der Waals surface area (Å²) in [4.78, 5) is 4.09. The lowest BCUT2D eigenvalue weighted by atomic mass is 10.1. The van der Waals surface area contributed by atoms with Gasteiger partial charge in [0.1, 0.15) is 5.82 Å². The third-order valence-electron chi connectivity index (χ3n) is 3.61.